The fourth-order valence-electron chi connectivity index (χ4n) is 2.15. The Labute approximate surface area is 133 Å². The third-order valence-corrected chi connectivity index (χ3v) is 3.68. The van der Waals surface area contributed by atoms with E-state index in [9.17, 15) is 9.59 Å². The van der Waals surface area contributed by atoms with Crippen LogP contribution in [-0.4, -0.2) is 43.0 Å². The van der Waals surface area contributed by atoms with Crippen LogP contribution >= 0.6 is 0 Å². The molecule has 0 aliphatic carbocycles. The summed E-state index contributed by atoms with van der Waals surface area (Å²) in [5.74, 6) is -0.267. The van der Waals surface area contributed by atoms with Crippen LogP contribution in [0.4, 0.5) is 4.79 Å². The van der Waals surface area contributed by atoms with Crippen molar-refractivity contribution in [3.8, 4) is 0 Å². The third kappa shape index (κ3) is 6.72. The largest absolute Gasteiger partial charge is 0.338 e. The van der Waals surface area contributed by atoms with Crippen LogP contribution in [0.15, 0.2) is 30.3 Å². The van der Waals surface area contributed by atoms with Gasteiger partial charge in [0.2, 0.25) is 5.91 Å². The molecule has 1 aromatic rings. The second-order valence-corrected chi connectivity index (χ2v) is 5.45. The van der Waals surface area contributed by atoms with E-state index >= 15 is 0 Å². The zero-order valence-corrected chi connectivity index (χ0v) is 13.8. The van der Waals surface area contributed by atoms with Gasteiger partial charge in [0.1, 0.15) is 0 Å². The van der Waals surface area contributed by atoms with E-state index in [0.29, 0.717) is 6.54 Å². The van der Waals surface area contributed by atoms with Crippen molar-refractivity contribution < 1.29 is 9.59 Å². The molecule has 122 valence electrons. The Bertz CT molecular complexity index is 462. The highest BCUT2D eigenvalue weighted by Gasteiger charge is 2.19. The summed E-state index contributed by atoms with van der Waals surface area (Å²) in [7, 11) is 1.91. The smallest absolute Gasteiger partial charge is 0.321 e. The molecule has 0 aliphatic heterocycles. The van der Waals surface area contributed by atoms with Crippen molar-refractivity contribution in [3.05, 3.63) is 35.9 Å². The Morgan fingerprint density at radius 2 is 1.86 bits per heavy atom. The van der Waals surface area contributed by atoms with E-state index in [0.717, 1.165) is 25.8 Å². The van der Waals surface area contributed by atoms with Crippen LogP contribution in [0, 0.1) is 0 Å². The zero-order valence-electron chi connectivity index (χ0n) is 13.8. The number of likely N-dealkylation sites (N-methyl/N-ethyl adjacent to an activating group) is 1. The number of unbranched alkanes of at least 4 members (excludes halogenated alkanes) is 1. The highest BCUT2D eigenvalue weighted by atomic mass is 16.2. The van der Waals surface area contributed by atoms with E-state index in [1.165, 1.54) is 5.56 Å². The van der Waals surface area contributed by atoms with Gasteiger partial charge >= 0.3 is 6.03 Å². The lowest BCUT2D eigenvalue weighted by Gasteiger charge is -2.23. The molecule has 0 saturated heterocycles. The number of nitrogens with zero attached hydrogens (tertiary/aromatic N) is 1. The summed E-state index contributed by atoms with van der Waals surface area (Å²) in [6.07, 6.45) is 3.15. The lowest BCUT2D eigenvalue weighted by atomic mass is 10.1. The first-order valence-electron chi connectivity index (χ1n) is 7.87. The Hall–Kier alpha value is -1.88. The van der Waals surface area contributed by atoms with Gasteiger partial charge in [-0.25, -0.2) is 4.79 Å². The average molecular weight is 305 g/mol. The molecule has 0 fully saturated rings. The third-order valence-electron chi connectivity index (χ3n) is 3.68. The van der Waals surface area contributed by atoms with Crippen LogP contribution in [0.25, 0.3) is 0 Å². The predicted octanol–water partition coefficient (Wildman–Crippen LogP) is 2.18. The van der Waals surface area contributed by atoms with Crippen LogP contribution in [0.2, 0.25) is 0 Å². The van der Waals surface area contributed by atoms with Crippen LogP contribution in [0.1, 0.15) is 32.3 Å². The second-order valence-electron chi connectivity index (χ2n) is 5.45. The minimum Gasteiger partial charge on any atom is -0.338 e. The molecule has 1 aromatic carbocycles. The monoisotopic (exact) mass is 305 g/mol. The number of carbonyl (C=O) groups excluding carboxylic acids is 2. The summed E-state index contributed by atoms with van der Waals surface area (Å²) >= 11 is 0. The van der Waals surface area contributed by atoms with Crippen molar-refractivity contribution in [2.24, 2.45) is 0 Å². The van der Waals surface area contributed by atoms with Gasteiger partial charge in [0.25, 0.3) is 0 Å². The second kappa shape index (κ2) is 9.95. The first kappa shape index (κ1) is 18.2. The van der Waals surface area contributed by atoms with E-state index in [4.69, 9.17) is 0 Å². The number of rotatable bonds is 8. The fraction of sp³-hybridized carbons (Fsp3) is 0.529. The van der Waals surface area contributed by atoms with E-state index in [1.807, 2.05) is 31.9 Å². The molecule has 0 aliphatic rings. The van der Waals surface area contributed by atoms with Gasteiger partial charge in [-0.2, -0.15) is 0 Å². The fourth-order valence-corrected chi connectivity index (χ4v) is 2.15. The van der Waals surface area contributed by atoms with Crippen molar-refractivity contribution in [2.45, 2.75) is 39.2 Å². The number of aryl methyl sites for hydroxylation is 1. The normalized spacial score (nSPS) is 12.0. The Kier molecular flexibility index (Phi) is 8.22. The van der Waals surface area contributed by atoms with E-state index in [-0.39, 0.29) is 11.9 Å². The standard InChI is InChI=1S/C17H27N3O2/c1-4-18-17(22)19-16(21)14(2)20(3)13-9-8-12-15-10-6-5-7-11-15/h5-7,10-11,14H,4,8-9,12-13H2,1-3H3,(H2,18,19,21,22)/t14-/m1/s1. The van der Waals surface area contributed by atoms with Crippen molar-refractivity contribution in [1.29, 1.82) is 0 Å². The number of benzene rings is 1. The quantitative estimate of drug-likeness (QED) is 0.724. The molecule has 0 unspecified atom stereocenters. The highest BCUT2D eigenvalue weighted by Crippen LogP contribution is 2.06. The molecule has 1 atom stereocenters. The van der Waals surface area contributed by atoms with Gasteiger partial charge in [0.15, 0.2) is 0 Å². The van der Waals surface area contributed by atoms with Gasteiger partial charge in [-0.3, -0.25) is 15.0 Å². The molecular weight excluding hydrogens is 278 g/mol. The summed E-state index contributed by atoms with van der Waals surface area (Å²) < 4.78 is 0. The van der Waals surface area contributed by atoms with Gasteiger partial charge in [0, 0.05) is 6.54 Å². The van der Waals surface area contributed by atoms with E-state index in [2.05, 4.69) is 34.9 Å². The number of carbonyl (C=O) groups is 2. The molecule has 0 spiro atoms. The Morgan fingerprint density at radius 3 is 2.50 bits per heavy atom. The average Bonchev–Trinajstić information content (AvgIpc) is 2.51. The molecule has 0 radical (unpaired) electrons. The molecule has 22 heavy (non-hydrogen) atoms. The van der Waals surface area contributed by atoms with Crippen molar-refractivity contribution >= 4 is 11.9 Å². The summed E-state index contributed by atoms with van der Waals surface area (Å²) in [6.45, 7) is 4.96. The maximum atomic E-state index is 11.9. The number of amides is 3. The summed E-state index contributed by atoms with van der Waals surface area (Å²) in [5.41, 5.74) is 1.34. The zero-order chi connectivity index (χ0) is 16.4. The van der Waals surface area contributed by atoms with Gasteiger partial charge < -0.3 is 5.32 Å². The van der Waals surface area contributed by atoms with Crippen LogP contribution < -0.4 is 10.6 Å². The molecule has 0 aromatic heterocycles. The van der Waals surface area contributed by atoms with E-state index < -0.39 is 6.03 Å². The SMILES string of the molecule is CCNC(=O)NC(=O)[C@@H](C)N(C)CCCCc1ccccc1. The Morgan fingerprint density at radius 1 is 1.18 bits per heavy atom. The lowest BCUT2D eigenvalue weighted by Crippen LogP contribution is -2.48. The van der Waals surface area contributed by atoms with E-state index in [1.54, 1.807) is 0 Å². The minimum atomic E-state index is -0.433. The van der Waals surface area contributed by atoms with Crippen LogP contribution in [0.3, 0.4) is 0 Å². The van der Waals surface area contributed by atoms with Crippen LogP contribution in [0.5, 0.6) is 0 Å². The summed E-state index contributed by atoms with van der Waals surface area (Å²) in [6, 6.07) is 9.63. The topological polar surface area (TPSA) is 61.4 Å². The van der Waals surface area contributed by atoms with Crippen molar-refractivity contribution in [1.82, 2.24) is 15.5 Å². The summed E-state index contributed by atoms with van der Waals surface area (Å²) in [5, 5.41) is 4.90. The minimum absolute atomic E-state index is 0.267. The maximum absolute atomic E-state index is 11.9. The lowest BCUT2D eigenvalue weighted by molar-refractivity contribution is -0.124. The molecule has 0 heterocycles. The molecule has 5 heteroatoms. The predicted molar refractivity (Wildman–Crippen MR) is 88.7 cm³/mol. The Balaban J connectivity index is 2.24. The number of nitrogens with one attached hydrogen (secondary N) is 2. The maximum Gasteiger partial charge on any atom is 0.321 e. The number of imide groups is 1. The first-order chi connectivity index (χ1) is 10.5. The van der Waals surface area contributed by atoms with Gasteiger partial charge in [0.05, 0.1) is 6.04 Å². The summed E-state index contributed by atoms with van der Waals surface area (Å²) in [4.78, 5) is 25.2. The van der Waals surface area contributed by atoms with Crippen molar-refractivity contribution in [2.75, 3.05) is 20.1 Å². The van der Waals surface area contributed by atoms with Crippen LogP contribution in [-0.2, 0) is 11.2 Å². The van der Waals surface area contributed by atoms with Crippen molar-refractivity contribution in [3.63, 3.8) is 0 Å². The van der Waals surface area contributed by atoms with Gasteiger partial charge in [-0.15, -0.1) is 0 Å². The number of urea groups is 1. The molecule has 3 amide bonds. The van der Waals surface area contributed by atoms with Gasteiger partial charge in [-0.1, -0.05) is 30.3 Å². The number of hydrogen-bond donors (Lipinski definition) is 2. The molecular formula is C17H27N3O2. The molecule has 1 rings (SSSR count). The molecule has 2 N–H and O–H groups in total. The number of hydrogen-bond acceptors (Lipinski definition) is 3. The molecule has 5 nitrogen and oxygen atoms in total. The highest BCUT2D eigenvalue weighted by molar-refractivity contribution is 5.96. The van der Waals surface area contributed by atoms with Gasteiger partial charge in [-0.05, 0) is 52.3 Å². The molecule has 0 bridgehead atoms. The molecule has 0 saturated carbocycles. The first-order valence-corrected chi connectivity index (χ1v) is 7.87.